The molecule has 0 aliphatic rings. The molecule has 0 aliphatic carbocycles. The van der Waals surface area contributed by atoms with Crippen molar-refractivity contribution < 1.29 is 14.0 Å². The van der Waals surface area contributed by atoms with E-state index in [0.717, 1.165) is 11.8 Å². The van der Waals surface area contributed by atoms with Crippen LogP contribution in [0.15, 0.2) is 58.4 Å². The van der Waals surface area contributed by atoms with E-state index in [4.69, 9.17) is 4.42 Å². The van der Waals surface area contributed by atoms with Gasteiger partial charge in [0.1, 0.15) is 0 Å². The first-order valence-electron chi connectivity index (χ1n) is 7.64. The van der Waals surface area contributed by atoms with E-state index < -0.39 is 0 Å². The Labute approximate surface area is 153 Å². The van der Waals surface area contributed by atoms with Crippen molar-refractivity contribution in [1.82, 2.24) is 20.5 Å². The molecule has 3 rings (SSSR count). The summed E-state index contributed by atoms with van der Waals surface area (Å²) in [5.74, 6) is 0.0696. The molecule has 1 aromatic carbocycles. The molecule has 0 unspecified atom stereocenters. The van der Waals surface area contributed by atoms with Gasteiger partial charge in [-0.2, -0.15) is 0 Å². The first kappa shape index (κ1) is 17.6. The van der Waals surface area contributed by atoms with Gasteiger partial charge in [-0.1, -0.05) is 11.8 Å². The molecule has 0 atom stereocenters. The van der Waals surface area contributed by atoms with Crippen LogP contribution in [-0.2, 0) is 4.79 Å². The molecular formula is C17H15N5O3S. The topological polar surface area (TPSA) is 110 Å². The van der Waals surface area contributed by atoms with Gasteiger partial charge in [0, 0.05) is 30.7 Å². The van der Waals surface area contributed by atoms with Gasteiger partial charge >= 0.3 is 0 Å². The lowest BCUT2D eigenvalue weighted by molar-refractivity contribution is -0.113. The van der Waals surface area contributed by atoms with Crippen molar-refractivity contribution in [3.8, 4) is 11.5 Å². The second-order valence-corrected chi connectivity index (χ2v) is 6.03. The minimum absolute atomic E-state index is 0.117. The van der Waals surface area contributed by atoms with Crippen LogP contribution in [0.2, 0.25) is 0 Å². The lowest BCUT2D eigenvalue weighted by Gasteiger charge is -2.05. The summed E-state index contributed by atoms with van der Waals surface area (Å²) in [7, 11) is 1.56. The van der Waals surface area contributed by atoms with Crippen molar-refractivity contribution in [1.29, 1.82) is 0 Å². The van der Waals surface area contributed by atoms with E-state index in [9.17, 15) is 9.59 Å². The molecule has 2 N–H and O–H groups in total. The van der Waals surface area contributed by atoms with Crippen LogP contribution in [0.5, 0.6) is 0 Å². The SMILES string of the molecule is CNC(=O)c1ccc(NC(=O)CSc2nnc(-c3cccnc3)o2)cc1. The number of anilines is 1. The predicted octanol–water partition coefficient (Wildman–Crippen LogP) is 2.22. The molecule has 0 bridgehead atoms. The third kappa shape index (κ3) is 4.45. The zero-order valence-electron chi connectivity index (χ0n) is 13.8. The van der Waals surface area contributed by atoms with Gasteiger partial charge in [-0.25, -0.2) is 0 Å². The molecule has 0 fully saturated rings. The summed E-state index contributed by atoms with van der Waals surface area (Å²) in [6.45, 7) is 0. The summed E-state index contributed by atoms with van der Waals surface area (Å²) in [5.41, 5.74) is 1.84. The molecule has 0 radical (unpaired) electrons. The zero-order valence-corrected chi connectivity index (χ0v) is 14.6. The highest BCUT2D eigenvalue weighted by Crippen LogP contribution is 2.22. The van der Waals surface area contributed by atoms with Crippen molar-refractivity contribution >= 4 is 29.3 Å². The highest BCUT2D eigenvalue weighted by atomic mass is 32.2. The van der Waals surface area contributed by atoms with Crippen molar-refractivity contribution in [2.45, 2.75) is 5.22 Å². The van der Waals surface area contributed by atoms with Crippen molar-refractivity contribution in [3.63, 3.8) is 0 Å². The number of carbonyl (C=O) groups is 2. The van der Waals surface area contributed by atoms with Gasteiger partial charge in [0.2, 0.25) is 11.8 Å². The van der Waals surface area contributed by atoms with Gasteiger partial charge in [0.25, 0.3) is 11.1 Å². The minimum Gasteiger partial charge on any atom is -0.411 e. The van der Waals surface area contributed by atoms with Crippen LogP contribution in [0, 0.1) is 0 Å². The fourth-order valence-corrected chi connectivity index (χ4v) is 2.61. The number of thioether (sulfide) groups is 1. The summed E-state index contributed by atoms with van der Waals surface area (Å²) in [4.78, 5) is 27.5. The van der Waals surface area contributed by atoms with Gasteiger partial charge < -0.3 is 15.1 Å². The predicted molar refractivity (Wildman–Crippen MR) is 96.7 cm³/mol. The summed E-state index contributed by atoms with van der Waals surface area (Å²) >= 11 is 1.14. The largest absolute Gasteiger partial charge is 0.411 e. The average Bonchev–Trinajstić information content (AvgIpc) is 3.16. The highest BCUT2D eigenvalue weighted by molar-refractivity contribution is 7.99. The first-order valence-corrected chi connectivity index (χ1v) is 8.63. The van der Waals surface area contributed by atoms with Crippen LogP contribution < -0.4 is 10.6 Å². The van der Waals surface area contributed by atoms with E-state index in [1.54, 1.807) is 49.8 Å². The molecule has 132 valence electrons. The summed E-state index contributed by atoms with van der Waals surface area (Å²) in [6.07, 6.45) is 3.28. The number of carbonyl (C=O) groups excluding carboxylic acids is 2. The quantitative estimate of drug-likeness (QED) is 0.641. The van der Waals surface area contributed by atoms with E-state index in [-0.39, 0.29) is 17.6 Å². The normalized spacial score (nSPS) is 10.3. The molecule has 0 spiro atoms. The third-order valence-electron chi connectivity index (χ3n) is 3.30. The van der Waals surface area contributed by atoms with E-state index in [1.165, 1.54) is 0 Å². The number of aromatic nitrogens is 3. The highest BCUT2D eigenvalue weighted by Gasteiger charge is 2.11. The van der Waals surface area contributed by atoms with Gasteiger partial charge in [-0.15, -0.1) is 10.2 Å². The Kier molecular flexibility index (Phi) is 5.59. The van der Waals surface area contributed by atoms with Gasteiger partial charge in [-0.3, -0.25) is 14.6 Å². The van der Waals surface area contributed by atoms with E-state index in [2.05, 4.69) is 25.8 Å². The number of nitrogens with zero attached hydrogens (tertiary/aromatic N) is 3. The second-order valence-electron chi connectivity index (χ2n) is 5.11. The fraction of sp³-hybridized carbons (Fsp3) is 0.118. The molecule has 9 heteroatoms. The summed E-state index contributed by atoms with van der Waals surface area (Å²) in [6, 6.07) is 10.2. The Morgan fingerprint density at radius 1 is 1.15 bits per heavy atom. The number of hydrogen-bond donors (Lipinski definition) is 2. The fourth-order valence-electron chi connectivity index (χ4n) is 2.05. The first-order chi connectivity index (χ1) is 12.7. The molecule has 3 aromatic rings. The monoisotopic (exact) mass is 369 g/mol. The molecule has 0 saturated heterocycles. The Morgan fingerprint density at radius 3 is 2.65 bits per heavy atom. The summed E-state index contributed by atoms with van der Waals surface area (Å²) < 4.78 is 5.50. The number of rotatable bonds is 6. The molecule has 2 heterocycles. The Balaban J connectivity index is 1.53. The molecule has 2 amide bonds. The standard InChI is InChI=1S/C17H15N5O3S/c1-18-15(24)11-4-6-13(7-5-11)20-14(23)10-26-17-22-21-16(25-17)12-3-2-8-19-9-12/h2-9H,10H2,1H3,(H,18,24)(H,20,23). The number of pyridine rings is 1. The molecule has 8 nitrogen and oxygen atoms in total. The second kappa shape index (κ2) is 8.26. The summed E-state index contributed by atoms with van der Waals surface area (Å²) in [5, 5.41) is 13.4. The molecule has 26 heavy (non-hydrogen) atoms. The maximum absolute atomic E-state index is 12.0. The van der Waals surface area contributed by atoms with Crippen molar-refractivity contribution in [2.24, 2.45) is 0 Å². The third-order valence-corrected chi connectivity index (χ3v) is 4.12. The lowest BCUT2D eigenvalue weighted by Crippen LogP contribution is -2.18. The van der Waals surface area contributed by atoms with Crippen LogP contribution in [-0.4, -0.2) is 39.8 Å². The smallest absolute Gasteiger partial charge is 0.277 e. The number of hydrogen-bond acceptors (Lipinski definition) is 7. The molecule has 0 aliphatic heterocycles. The number of benzene rings is 1. The lowest BCUT2D eigenvalue weighted by atomic mass is 10.2. The van der Waals surface area contributed by atoms with Crippen molar-refractivity contribution in [3.05, 3.63) is 54.4 Å². The maximum atomic E-state index is 12.0. The Morgan fingerprint density at radius 2 is 1.96 bits per heavy atom. The molecule has 0 saturated carbocycles. The zero-order chi connectivity index (χ0) is 18.4. The van der Waals surface area contributed by atoms with Gasteiger partial charge in [0.05, 0.1) is 11.3 Å². The van der Waals surface area contributed by atoms with E-state index in [0.29, 0.717) is 27.9 Å². The van der Waals surface area contributed by atoms with E-state index >= 15 is 0 Å². The minimum atomic E-state index is -0.219. The van der Waals surface area contributed by atoms with Crippen LogP contribution in [0.25, 0.3) is 11.5 Å². The van der Waals surface area contributed by atoms with Crippen LogP contribution in [0.3, 0.4) is 0 Å². The Hall–Kier alpha value is -3.20. The van der Waals surface area contributed by atoms with E-state index in [1.807, 2.05) is 6.07 Å². The number of amides is 2. The molecule has 2 aromatic heterocycles. The van der Waals surface area contributed by atoms with Crippen molar-refractivity contribution in [2.75, 3.05) is 18.1 Å². The Bertz CT molecular complexity index is 896. The van der Waals surface area contributed by atoms with Gasteiger partial charge in [0.15, 0.2) is 0 Å². The maximum Gasteiger partial charge on any atom is 0.277 e. The van der Waals surface area contributed by atoms with Crippen LogP contribution in [0.1, 0.15) is 10.4 Å². The average molecular weight is 369 g/mol. The van der Waals surface area contributed by atoms with Gasteiger partial charge in [-0.05, 0) is 36.4 Å². The van der Waals surface area contributed by atoms with Crippen LogP contribution >= 0.6 is 11.8 Å². The van der Waals surface area contributed by atoms with Crippen LogP contribution in [0.4, 0.5) is 5.69 Å². The molecular weight excluding hydrogens is 354 g/mol. The number of nitrogens with one attached hydrogen (secondary N) is 2.